The van der Waals surface area contributed by atoms with Gasteiger partial charge in [-0.1, -0.05) is 72.3 Å². The zero-order valence-corrected chi connectivity index (χ0v) is 22.7. The van der Waals surface area contributed by atoms with Gasteiger partial charge in [-0.3, -0.25) is 9.59 Å². The smallest absolute Gasteiger partial charge is 0.243 e. The van der Waals surface area contributed by atoms with Crippen LogP contribution in [0, 0.1) is 13.8 Å². The molecule has 0 heterocycles. The van der Waals surface area contributed by atoms with E-state index in [0.717, 1.165) is 26.6 Å². The molecule has 0 aliphatic rings. The Kier molecular flexibility index (Phi) is 9.60. The summed E-state index contributed by atoms with van der Waals surface area (Å²) in [5.41, 5.74) is 3.72. The first kappa shape index (κ1) is 28.1. The summed E-state index contributed by atoms with van der Waals surface area (Å²) >= 11 is 0. The van der Waals surface area contributed by atoms with Crippen LogP contribution >= 0.6 is 0 Å². The van der Waals surface area contributed by atoms with E-state index in [0.29, 0.717) is 13.0 Å². The number of hydrogen-bond donors (Lipinski definition) is 1. The van der Waals surface area contributed by atoms with Crippen molar-refractivity contribution in [3.8, 4) is 0 Å². The monoisotopic (exact) mass is 521 g/mol. The molecule has 2 amide bonds. The van der Waals surface area contributed by atoms with E-state index < -0.39 is 28.5 Å². The fourth-order valence-electron chi connectivity index (χ4n) is 4.07. The van der Waals surface area contributed by atoms with Crippen LogP contribution in [0.3, 0.4) is 0 Å². The molecule has 3 rings (SSSR count). The molecule has 0 aliphatic heterocycles. The maximum atomic E-state index is 13.8. The largest absolute Gasteiger partial charge is 0.355 e. The molecule has 0 saturated heterocycles. The minimum atomic E-state index is -3.90. The van der Waals surface area contributed by atoms with E-state index in [1.165, 1.54) is 24.1 Å². The van der Waals surface area contributed by atoms with Crippen LogP contribution < -0.4 is 5.32 Å². The molecule has 0 spiro atoms. The minimum Gasteiger partial charge on any atom is -0.355 e. The van der Waals surface area contributed by atoms with Crippen molar-refractivity contribution in [2.45, 2.75) is 44.7 Å². The molecule has 8 heteroatoms. The molecule has 0 fully saturated rings. The highest BCUT2D eigenvalue weighted by atomic mass is 32.2. The molecule has 0 saturated carbocycles. The van der Waals surface area contributed by atoms with Gasteiger partial charge in [0, 0.05) is 26.6 Å². The first-order chi connectivity index (χ1) is 17.6. The van der Waals surface area contributed by atoms with Gasteiger partial charge in [-0.25, -0.2) is 8.42 Å². The molecule has 3 aromatic rings. The van der Waals surface area contributed by atoms with Crippen LogP contribution in [0.2, 0.25) is 0 Å². The van der Waals surface area contributed by atoms with Gasteiger partial charge in [0.15, 0.2) is 0 Å². The van der Waals surface area contributed by atoms with E-state index in [9.17, 15) is 18.0 Å². The van der Waals surface area contributed by atoms with Crippen molar-refractivity contribution in [2.24, 2.45) is 0 Å². The Morgan fingerprint density at radius 3 is 2.14 bits per heavy atom. The Morgan fingerprint density at radius 2 is 1.51 bits per heavy atom. The van der Waals surface area contributed by atoms with Crippen molar-refractivity contribution >= 4 is 21.8 Å². The van der Waals surface area contributed by atoms with Gasteiger partial charge in [0.2, 0.25) is 21.8 Å². The molecule has 196 valence electrons. The van der Waals surface area contributed by atoms with Gasteiger partial charge in [-0.2, -0.15) is 4.31 Å². The van der Waals surface area contributed by atoms with Gasteiger partial charge in [0.25, 0.3) is 0 Å². The highest BCUT2D eigenvalue weighted by molar-refractivity contribution is 7.89. The third-order valence-corrected chi connectivity index (χ3v) is 8.13. The maximum absolute atomic E-state index is 13.8. The average Bonchev–Trinajstić information content (AvgIpc) is 2.88. The van der Waals surface area contributed by atoms with Gasteiger partial charge in [0.05, 0.1) is 11.4 Å². The summed E-state index contributed by atoms with van der Waals surface area (Å²) in [6.45, 7) is 5.85. The summed E-state index contributed by atoms with van der Waals surface area (Å²) in [6, 6.07) is 22.9. The fourth-order valence-corrected chi connectivity index (χ4v) is 5.19. The number of amides is 2. The normalized spacial score (nSPS) is 12.2. The van der Waals surface area contributed by atoms with Crippen molar-refractivity contribution in [2.75, 3.05) is 20.1 Å². The number of nitrogens with one attached hydrogen (secondary N) is 1. The quantitative estimate of drug-likeness (QED) is 0.417. The minimum absolute atomic E-state index is 0.114. The maximum Gasteiger partial charge on any atom is 0.243 e. The van der Waals surface area contributed by atoms with Gasteiger partial charge in [0.1, 0.15) is 6.04 Å². The predicted molar refractivity (Wildman–Crippen MR) is 145 cm³/mol. The number of carbonyl (C=O) groups excluding carboxylic acids is 2. The Balaban J connectivity index is 1.96. The van der Waals surface area contributed by atoms with E-state index in [1.807, 2.05) is 75.4 Å². The zero-order valence-electron chi connectivity index (χ0n) is 21.8. The molecule has 1 atom stereocenters. The van der Waals surface area contributed by atoms with Crippen molar-refractivity contribution in [3.63, 3.8) is 0 Å². The highest BCUT2D eigenvalue weighted by Gasteiger charge is 2.33. The summed E-state index contributed by atoms with van der Waals surface area (Å²) in [5.74, 6) is -0.731. The molecule has 3 aromatic carbocycles. The SMILES string of the molecule is CCNC(=O)C(Cc1ccccc1)N(Cc1ccccc1C)C(=O)CN(C)S(=O)(=O)c1ccc(C)cc1. The van der Waals surface area contributed by atoms with Crippen molar-refractivity contribution < 1.29 is 18.0 Å². The predicted octanol–water partition coefficient (Wildman–Crippen LogP) is 3.70. The average molecular weight is 522 g/mol. The van der Waals surface area contributed by atoms with Gasteiger partial charge >= 0.3 is 0 Å². The van der Waals surface area contributed by atoms with Crippen LogP contribution in [0.5, 0.6) is 0 Å². The van der Waals surface area contributed by atoms with Gasteiger partial charge in [-0.05, 0) is 49.6 Å². The number of nitrogens with zero attached hydrogens (tertiary/aromatic N) is 2. The third kappa shape index (κ3) is 7.27. The summed E-state index contributed by atoms with van der Waals surface area (Å²) in [7, 11) is -2.51. The molecule has 1 N–H and O–H groups in total. The van der Waals surface area contributed by atoms with Crippen molar-refractivity contribution in [3.05, 3.63) is 101 Å². The van der Waals surface area contributed by atoms with Crippen molar-refractivity contribution in [1.82, 2.24) is 14.5 Å². The van der Waals surface area contributed by atoms with E-state index in [4.69, 9.17) is 0 Å². The van der Waals surface area contributed by atoms with Crippen LogP contribution in [0.15, 0.2) is 83.8 Å². The fraction of sp³-hybridized carbons (Fsp3) is 0.310. The number of aryl methyl sites for hydroxylation is 2. The lowest BCUT2D eigenvalue weighted by molar-refractivity contribution is -0.141. The van der Waals surface area contributed by atoms with Crippen LogP contribution in [-0.4, -0.2) is 55.6 Å². The highest BCUT2D eigenvalue weighted by Crippen LogP contribution is 2.19. The molecule has 0 radical (unpaired) electrons. The molecule has 37 heavy (non-hydrogen) atoms. The first-order valence-corrected chi connectivity index (χ1v) is 13.8. The van der Waals surface area contributed by atoms with E-state index in [-0.39, 0.29) is 17.3 Å². The Bertz CT molecular complexity index is 1310. The number of likely N-dealkylation sites (N-methyl/N-ethyl adjacent to an activating group) is 2. The van der Waals surface area contributed by atoms with Crippen LogP contribution in [-0.2, 0) is 32.6 Å². The van der Waals surface area contributed by atoms with E-state index >= 15 is 0 Å². The van der Waals surface area contributed by atoms with Crippen LogP contribution in [0.4, 0.5) is 0 Å². The molecule has 0 bridgehead atoms. The Morgan fingerprint density at radius 1 is 0.892 bits per heavy atom. The van der Waals surface area contributed by atoms with Crippen molar-refractivity contribution in [1.29, 1.82) is 0 Å². The third-order valence-electron chi connectivity index (χ3n) is 6.31. The number of carbonyl (C=O) groups is 2. The lowest BCUT2D eigenvalue weighted by atomic mass is 10.0. The standard InChI is InChI=1S/C29H35N3O4S/c1-5-30-29(34)27(19-24-12-7-6-8-13-24)32(20-25-14-10-9-11-23(25)3)28(33)21-31(4)37(35,36)26-17-15-22(2)16-18-26/h6-18,27H,5,19-21H2,1-4H3,(H,30,34). The van der Waals surface area contributed by atoms with E-state index in [1.54, 1.807) is 12.1 Å². The summed E-state index contributed by atoms with van der Waals surface area (Å²) < 4.78 is 27.4. The lowest BCUT2D eigenvalue weighted by Gasteiger charge is -2.33. The molecular weight excluding hydrogens is 486 g/mol. The Hall–Kier alpha value is -3.49. The molecule has 1 unspecified atom stereocenters. The molecule has 0 aliphatic carbocycles. The number of benzene rings is 3. The summed E-state index contributed by atoms with van der Waals surface area (Å²) in [5, 5.41) is 2.85. The summed E-state index contributed by atoms with van der Waals surface area (Å²) in [4.78, 5) is 28.7. The second kappa shape index (κ2) is 12.7. The van der Waals surface area contributed by atoms with Gasteiger partial charge in [-0.15, -0.1) is 0 Å². The first-order valence-electron chi connectivity index (χ1n) is 12.3. The van der Waals surface area contributed by atoms with E-state index in [2.05, 4.69) is 5.32 Å². The number of sulfonamides is 1. The van der Waals surface area contributed by atoms with Crippen LogP contribution in [0.1, 0.15) is 29.2 Å². The second-order valence-electron chi connectivity index (χ2n) is 9.12. The lowest BCUT2D eigenvalue weighted by Crippen LogP contribution is -2.53. The molecular formula is C29H35N3O4S. The van der Waals surface area contributed by atoms with Crippen LogP contribution in [0.25, 0.3) is 0 Å². The topological polar surface area (TPSA) is 86.8 Å². The number of hydrogen-bond acceptors (Lipinski definition) is 4. The molecule has 0 aromatic heterocycles. The molecule has 7 nitrogen and oxygen atoms in total. The zero-order chi connectivity index (χ0) is 27.0. The number of rotatable bonds is 11. The second-order valence-corrected chi connectivity index (χ2v) is 11.2. The van der Waals surface area contributed by atoms with Gasteiger partial charge < -0.3 is 10.2 Å². The summed E-state index contributed by atoms with van der Waals surface area (Å²) in [6.07, 6.45) is 0.304. The Labute approximate surface area is 220 Å².